The van der Waals surface area contributed by atoms with E-state index in [9.17, 15) is 0 Å². The number of pyridine rings is 4. The van der Waals surface area contributed by atoms with E-state index in [4.69, 9.17) is 8.83 Å². The fourth-order valence-electron chi connectivity index (χ4n) is 5.59. The highest BCUT2D eigenvalue weighted by Gasteiger charge is 2.19. The van der Waals surface area contributed by atoms with E-state index < -0.39 is 0 Å². The van der Waals surface area contributed by atoms with E-state index in [1.807, 2.05) is 84.9 Å². The molecule has 44 heavy (non-hydrogen) atoms. The van der Waals surface area contributed by atoms with Crippen molar-refractivity contribution in [1.29, 1.82) is 0 Å². The predicted molar refractivity (Wildman–Crippen MR) is 165 cm³/mol. The van der Waals surface area contributed by atoms with Crippen LogP contribution in [0.4, 0.5) is 0 Å². The predicted octanol–water partition coefficient (Wildman–Crippen LogP) is 7.31. The van der Waals surface area contributed by atoms with Crippen molar-refractivity contribution in [2.75, 3.05) is 0 Å². The van der Waals surface area contributed by atoms with Crippen molar-refractivity contribution in [3.05, 3.63) is 110 Å². The summed E-state index contributed by atoms with van der Waals surface area (Å²) in [6, 6.07) is 27.1. The van der Waals surface area contributed by atoms with Crippen LogP contribution in [-0.4, -0.2) is 40.3 Å². The second-order valence-electron chi connectivity index (χ2n) is 10.2. The van der Waals surface area contributed by atoms with Gasteiger partial charge >= 0.3 is 0 Å². The van der Waals surface area contributed by atoms with Gasteiger partial charge in [-0.15, -0.1) is 20.4 Å². The van der Waals surface area contributed by atoms with Gasteiger partial charge in [0.2, 0.25) is 23.6 Å². The van der Waals surface area contributed by atoms with Crippen LogP contribution >= 0.6 is 0 Å². The molecule has 0 fully saturated rings. The molecule has 10 nitrogen and oxygen atoms in total. The van der Waals surface area contributed by atoms with Crippen molar-refractivity contribution in [3.8, 4) is 45.8 Å². The maximum Gasteiger partial charge on any atom is 0.248 e. The molecule has 0 aliphatic rings. The first kappa shape index (κ1) is 24.2. The second kappa shape index (κ2) is 9.57. The van der Waals surface area contributed by atoms with E-state index in [1.165, 1.54) is 0 Å². The molecule has 3 aromatic carbocycles. The molecule has 0 saturated carbocycles. The summed E-state index contributed by atoms with van der Waals surface area (Å²) in [6.45, 7) is 0. The lowest BCUT2D eigenvalue weighted by molar-refractivity contribution is 0.583. The molecule has 0 atom stereocenters. The van der Waals surface area contributed by atoms with E-state index in [1.54, 1.807) is 24.8 Å². The van der Waals surface area contributed by atoms with Crippen LogP contribution < -0.4 is 0 Å². The highest BCUT2D eigenvalue weighted by molar-refractivity contribution is 6.10. The fraction of sp³-hybridized carbons (Fsp3) is 0. The van der Waals surface area contributed by atoms with Crippen molar-refractivity contribution in [2.24, 2.45) is 0 Å². The Bertz CT molecular complexity index is 2370. The van der Waals surface area contributed by atoms with Crippen LogP contribution in [0, 0.1) is 0 Å². The number of aromatic nitrogens is 8. The largest absolute Gasteiger partial charge is 0.416 e. The van der Waals surface area contributed by atoms with Crippen molar-refractivity contribution in [3.63, 3.8) is 0 Å². The lowest BCUT2D eigenvalue weighted by atomic mass is 10.0. The molecule has 0 saturated heterocycles. The third kappa shape index (κ3) is 3.82. The second-order valence-corrected chi connectivity index (χ2v) is 10.2. The van der Waals surface area contributed by atoms with Crippen LogP contribution in [0.1, 0.15) is 0 Å². The van der Waals surface area contributed by atoms with Crippen LogP contribution in [0.25, 0.3) is 89.4 Å². The van der Waals surface area contributed by atoms with E-state index in [0.29, 0.717) is 23.6 Å². The topological polar surface area (TPSA) is 129 Å². The van der Waals surface area contributed by atoms with Gasteiger partial charge < -0.3 is 8.83 Å². The Kier molecular flexibility index (Phi) is 5.26. The first-order chi connectivity index (χ1) is 21.8. The zero-order valence-corrected chi connectivity index (χ0v) is 22.8. The minimum Gasteiger partial charge on any atom is -0.416 e. The summed E-state index contributed by atoms with van der Waals surface area (Å²) in [7, 11) is 0. The van der Waals surface area contributed by atoms with Gasteiger partial charge in [0.25, 0.3) is 0 Å². The van der Waals surface area contributed by atoms with Gasteiger partial charge in [-0.2, -0.15) is 0 Å². The van der Waals surface area contributed by atoms with Crippen molar-refractivity contribution >= 4 is 43.6 Å². The summed E-state index contributed by atoms with van der Waals surface area (Å²) in [5.74, 6) is 1.51. The van der Waals surface area contributed by atoms with Crippen molar-refractivity contribution in [1.82, 2.24) is 40.3 Å². The summed E-state index contributed by atoms with van der Waals surface area (Å²) >= 11 is 0. The van der Waals surface area contributed by atoms with Crippen molar-refractivity contribution < 1.29 is 8.83 Å². The SMILES string of the molecule is c1cc(-c2nnc(-c3cc4cccnc4c4ncccc34)o2)cc(-c2nnc(-c3cc4cccnc4c4ncccc34)o2)c1. The van der Waals surface area contributed by atoms with Gasteiger partial charge in [0.15, 0.2) is 0 Å². The first-order valence-corrected chi connectivity index (χ1v) is 13.8. The quantitative estimate of drug-likeness (QED) is 0.198. The zero-order chi connectivity index (χ0) is 29.0. The van der Waals surface area contributed by atoms with Crippen molar-refractivity contribution in [2.45, 2.75) is 0 Å². The van der Waals surface area contributed by atoms with Gasteiger partial charge in [0.1, 0.15) is 0 Å². The number of hydrogen-bond donors (Lipinski definition) is 0. The number of rotatable bonds is 4. The summed E-state index contributed by atoms with van der Waals surface area (Å²) in [5, 5.41) is 21.2. The van der Waals surface area contributed by atoms with Gasteiger partial charge in [0, 0.05) is 68.6 Å². The Morgan fingerprint density at radius 1 is 0.386 bits per heavy atom. The van der Waals surface area contributed by atoms with Gasteiger partial charge in [-0.25, -0.2) is 0 Å². The molecule has 6 aromatic heterocycles. The summed E-state index contributed by atoms with van der Waals surface area (Å²) in [5.41, 5.74) is 6.22. The third-order valence-corrected chi connectivity index (χ3v) is 7.59. The molecule has 10 heteroatoms. The van der Waals surface area contributed by atoms with Crippen LogP contribution in [0.2, 0.25) is 0 Å². The summed E-state index contributed by atoms with van der Waals surface area (Å²) < 4.78 is 12.4. The Morgan fingerprint density at radius 2 is 0.818 bits per heavy atom. The molecule has 0 radical (unpaired) electrons. The third-order valence-electron chi connectivity index (χ3n) is 7.59. The fourth-order valence-corrected chi connectivity index (χ4v) is 5.59. The lowest BCUT2D eigenvalue weighted by Crippen LogP contribution is -1.88. The summed E-state index contributed by atoms with van der Waals surface area (Å²) in [6.07, 6.45) is 7.03. The monoisotopic (exact) mass is 570 g/mol. The molecule has 0 N–H and O–H groups in total. The van der Waals surface area contributed by atoms with E-state index in [0.717, 1.165) is 65.9 Å². The van der Waals surface area contributed by atoms with Crippen LogP contribution in [-0.2, 0) is 0 Å². The normalized spacial score (nSPS) is 11.6. The Morgan fingerprint density at radius 3 is 1.32 bits per heavy atom. The molecular formula is C34H18N8O2. The highest BCUT2D eigenvalue weighted by atomic mass is 16.4. The van der Waals surface area contributed by atoms with Gasteiger partial charge in [-0.3, -0.25) is 19.9 Å². The van der Waals surface area contributed by atoms with E-state index in [2.05, 4.69) is 40.3 Å². The molecule has 0 aliphatic heterocycles. The molecule has 0 spiro atoms. The average molecular weight is 571 g/mol. The Labute approximate surface area is 248 Å². The lowest BCUT2D eigenvalue weighted by Gasteiger charge is -2.06. The number of nitrogens with zero attached hydrogens (tertiary/aromatic N) is 8. The molecule has 0 bridgehead atoms. The molecule has 9 rings (SSSR count). The van der Waals surface area contributed by atoms with Crippen LogP contribution in [0.5, 0.6) is 0 Å². The molecule has 206 valence electrons. The first-order valence-electron chi connectivity index (χ1n) is 13.8. The molecule has 0 amide bonds. The van der Waals surface area contributed by atoms with Gasteiger partial charge in [0.05, 0.1) is 22.1 Å². The van der Waals surface area contributed by atoms with Crippen LogP contribution in [0.3, 0.4) is 0 Å². The number of fused-ring (bicyclic) bond motifs is 6. The minimum absolute atomic E-state index is 0.365. The maximum absolute atomic E-state index is 6.22. The number of hydrogen-bond acceptors (Lipinski definition) is 10. The zero-order valence-electron chi connectivity index (χ0n) is 22.8. The molecule has 6 heterocycles. The Balaban J connectivity index is 1.10. The minimum atomic E-state index is 0.365. The van der Waals surface area contributed by atoms with Crippen LogP contribution in [0.15, 0.2) is 119 Å². The molecule has 9 aromatic rings. The number of benzene rings is 3. The standard InChI is InChI=1S/C34H18N8O2/c1-6-21(31-39-41-33(43-31)25-17-19-8-2-12-35-27(19)29-23(25)10-4-14-37-29)16-22(7-1)32-40-42-34(44-32)26-18-20-9-3-13-36-28(20)30-24(26)11-5-15-38-30/h1-18H. The molecule has 0 unspecified atom stereocenters. The smallest absolute Gasteiger partial charge is 0.248 e. The maximum atomic E-state index is 6.22. The molecular weight excluding hydrogens is 552 g/mol. The average Bonchev–Trinajstić information content (AvgIpc) is 3.79. The Hall–Kier alpha value is -6.42. The van der Waals surface area contributed by atoms with Gasteiger partial charge in [-0.1, -0.05) is 30.3 Å². The highest BCUT2D eigenvalue weighted by Crippen LogP contribution is 2.36. The van der Waals surface area contributed by atoms with E-state index in [-0.39, 0.29) is 0 Å². The summed E-state index contributed by atoms with van der Waals surface area (Å²) in [4.78, 5) is 18.2. The van der Waals surface area contributed by atoms with E-state index >= 15 is 0 Å². The molecule has 0 aliphatic carbocycles. The van der Waals surface area contributed by atoms with Gasteiger partial charge in [-0.05, 0) is 54.6 Å².